The van der Waals surface area contributed by atoms with Gasteiger partial charge in [-0.05, 0) is 13.3 Å². The van der Waals surface area contributed by atoms with Crippen molar-refractivity contribution >= 4 is 5.97 Å². The van der Waals surface area contributed by atoms with E-state index in [0.29, 0.717) is 25.8 Å². The van der Waals surface area contributed by atoms with E-state index in [1.807, 2.05) is 0 Å². The molecule has 1 saturated heterocycles. The molecule has 15 heavy (non-hydrogen) atoms. The molecule has 0 aliphatic carbocycles. The van der Waals surface area contributed by atoms with Crippen LogP contribution in [-0.4, -0.2) is 37.9 Å². The van der Waals surface area contributed by atoms with Gasteiger partial charge >= 0.3 is 5.97 Å². The maximum absolute atomic E-state index is 11.4. The van der Waals surface area contributed by atoms with Crippen LogP contribution in [0.4, 0.5) is 0 Å². The van der Waals surface area contributed by atoms with Gasteiger partial charge in [-0.3, -0.25) is 4.79 Å². The Kier molecular flexibility index (Phi) is 5.65. The fourth-order valence-corrected chi connectivity index (χ4v) is 1.42. The molecule has 1 fully saturated rings. The number of nitrogens with one attached hydrogen (secondary N) is 1. The van der Waals surface area contributed by atoms with Crippen LogP contribution in [0.5, 0.6) is 0 Å². The predicted octanol–water partition coefficient (Wildman–Crippen LogP) is 1.10. The molecule has 1 aliphatic heterocycles. The quantitative estimate of drug-likeness (QED) is 0.698. The maximum Gasteiger partial charge on any atom is 0.320 e. The smallest absolute Gasteiger partial charge is 0.320 e. The van der Waals surface area contributed by atoms with Gasteiger partial charge in [-0.2, -0.15) is 0 Å². The van der Waals surface area contributed by atoms with Crippen LogP contribution in [-0.2, 0) is 14.3 Å². The van der Waals surface area contributed by atoms with Crippen LogP contribution in [0.3, 0.4) is 0 Å². The van der Waals surface area contributed by atoms with Gasteiger partial charge in [-0.1, -0.05) is 6.92 Å². The van der Waals surface area contributed by atoms with Gasteiger partial charge in [-0.15, -0.1) is 0 Å². The molecule has 0 aromatic carbocycles. The molecular weight excluding hydrogens is 194 g/mol. The van der Waals surface area contributed by atoms with E-state index in [-0.39, 0.29) is 12.1 Å². The molecular formula is C11H21NO3. The number of hydrogen-bond acceptors (Lipinski definition) is 4. The van der Waals surface area contributed by atoms with Crippen molar-refractivity contribution in [2.45, 2.75) is 45.3 Å². The Morgan fingerprint density at radius 3 is 2.80 bits per heavy atom. The number of ether oxygens (including phenoxy) is 2. The molecule has 0 bridgehead atoms. The number of hydrogen-bond donors (Lipinski definition) is 1. The van der Waals surface area contributed by atoms with Crippen molar-refractivity contribution < 1.29 is 14.3 Å². The lowest BCUT2D eigenvalue weighted by Crippen LogP contribution is -2.35. The molecule has 0 aromatic rings. The molecule has 0 aromatic heterocycles. The molecule has 1 heterocycles. The summed E-state index contributed by atoms with van der Waals surface area (Å²) < 4.78 is 10.5. The van der Waals surface area contributed by atoms with Crippen LogP contribution in [0.25, 0.3) is 0 Å². The lowest BCUT2D eigenvalue weighted by Gasteiger charge is -2.22. The maximum atomic E-state index is 11.4. The minimum atomic E-state index is -0.151. The lowest BCUT2D eigenvalue weighted by atomic mass is 10.1. The molecule has 0 radical (unpaired) electrons. The zero-order chi connectivity index (χ0) is 11.1. The van der Waals surface area contributed by atoms with Gasteiger partial charge in [0.05, 0.1) is 19.8 Å². The third-order valence-corrected chi connectivity index (χ3v) is 2.67. The topological polar surface area (TPSA) is 47.6 Å². The summed E-state index contributed by atoms with van der Waals surface area (Å²) in [7, 11) is 0. The second-order valence-electron chi connectivity index (χ2n) is 3.99. The third kappa shape index (κ3) is 5.14. The van der Waals surface area contributed by atoms with E-state index in [0.717, 1.165) is 19.3 Å². The summed E-state index contributed by atoms with van der Waals surface area (Å²) in [6.07, 6.45) is 2.74. The van der Waals surface area contributed by atoms with Gasteiger partial charge in [0.1, 0.15) is 6.10 Å². The summed E-state index contributed by atoms with van der Waals surface area (Å²) in [5.41, 5.74) is 0. The Labute approximate surface area is 91.3 Å². The Bertz CT molecular complexity index is 190. The Hall–Kier alpha value is -0.610. The average Bonchev–Trinajstić information content (AvgIpc) is 2.27. The van der Waals surface area contributed by atoms with Crippen molar-refractivity contribution in [2.75, 3.05) is 19.8 Å². The molecule has 88 valence electrons. The fraction of sp³-hybridized carbons (Fsp3) is 0.909. The first-order chi connectivity index (χ1) is 7.22. The second-order valence-corrected chi connectivity index (χ2v) is 3.99. The fourth-order valence-electron chi connectivity index (χ4n) is 1.42. The van der Waals surface area contributed by atoms with Gasteiger partial charge in [-0.25, -0.2) is 0 Å². The Morgan fingerprint density at radius 2 is 2.20 bits per heavy atom. The molecule has 0 spiro atoms. The third-order valence-electron chi connectivity index (χ3n) is 2.67. The number of esters is 1. The number of carbonyl (C=O) groups is 1. The Morgan fingerprint density at radius 1 is 1.53 bits per heavy atom. The number of carbonyl (C=O) groups excluding carboxylic acids is 1. The van der Waals surface area contributed by atoms with Crippen molar-refractivity contribution in [3.05, 3.63) is 0 Å². The van der Waals surface area contributed by atoms with E-state index in [9.17, 15) is 4.79 Å². The minimum absolute atomic E-state index is 0.0602. The van der Waals surface area contributed by atoms with Gasteiger partial charge in [0.2, 0.25) is 0 Å². The molecule has 1 atom stereocenters. The van der Waals surface area contributed by atoms with Crippen molar-refractivity contribution in [1.82, 2.24) is 5.32 Å². The first-order valence-electron chi connectivity index (χ1n) is 5.73. The van der Waals surface area contributed by atoms with Gasteiger partial charge < -0.3 is 14.8 Å². The van der Waals surface area contributed by atoms with E-state index in [4.69, 9.17) is 9.47 Å². The van der Waals surface area contributed by atoms with Crippen LogP contribution in [0, 0.1) is 0 Å². The molecule has 1 unspecified atom stereocenters. The molecule has 4 heteroatoms. The summed E-state index contributed by atoms with van der Waals surface area (Å²) in [5, 5.41) is 3.12. The second kappa shape index (κ2) is 6.80. The highest BCUT2D eigenvalue weighted by molar-refractivity contribution is 5.71. The van der Waals surface area contributed by atoms with Gasteiger partial charge in [0.15, 0.2) is 0 Å². The zero-order valence-electron chi connectivity index (χ0n) is 9.62. The van der Waals surface area contributed by atoms with Crippen molar-refractivity contribution in [3.8, 4) is 0 Å². The van der Waals surface area contributed by atoms with Crippen LogP contribution in [0.1, 0.15) is 33.1 Å². The summed E-state index contributed by atoms with van der Waals surface area (Å²) in [6.45, 7) is 5.86. The lowest BCUT2D eigenvalue weighted by molar-refractivity contribution is -0.152. The summed E-state index contributed by atoms with van der Waals surface area (Å²) in [4.78, 5) is 11.4. The van der Waals surface area contributed by atoms with Crippen molar-refractivity contribution in [1.29, 1.82) is 0 Å². The van der Waals surface area contributed by atoms with E-state index in [1.54, 1.807) is 0 Å². The summed E-state index contributed by atoms with van der Waals surface area (Å²) >= 11 is 0. The first kappa shape index (κ1) is 12.5. The van der Waals surface area contributed by atoms with Crippen LogP contribution in [0.15, 0.2) is 0 Å². The SMILES string of the molecule is CCC(C)NCC(=O)OC1CCOCC1. The molecule has 1 N–H and O–H groups in total. The molecule has 1 aliphatic rings. The highest BCUT2D eigenvalue weighted by atomic mass is 16.6. The highest BCUT2D eigenvalue weighted by Gasteiger charge is 2.17. The Balaban J connectivity index is 2.11. The van der Waals surface area contributed by atoms with E-state index >= 15 is 0 Å². The molecule has 0 amide bonds. The van der Waals surface area contributed by atoms with E-state index < -0.39 is 0 Å². The predicted molar refractivity (Wildman–Crippen MR) is 57.7 cm³/mol. The average molecular weight is 215 g/mol. The first-order valence-corrected chi connectivity index (χ1v) is 5.73. The van der Waals surface area contributed by atoms with Crippen molar-refractivity contribution in [2.24, 2.45) is 0 Å². The van der Waals surface area contributed by atoms with Crippen molar-refractivity contribution in [3.63, 3.8) is 0 Å². The molecule has 1 rings (SSSR count). The van der Waals surface area contributed by atoms with Crippen LogP contribution < -0.4 is 5.32 Å². The number of rotatable bonds is 5. The van der Waals surface area contributed by atoms with E-state index in [2.05, 4.69) is 19.2 Å². The summed E-state index contributed by atoms with van der Waals surface area (Å²) in [5.74, 6) is -0.151. The normalized spacial score (nSPS) is 19.9. The molecule has 0 saturated carbocycles. The highest BCUT2D eigenvalue weighted by Crippen LogP contribution is 2.10. The minimum Gasteiger partial charge on any atom is -0.461 e. The van der Waals surface area contributed by atoms with Gasteiger partial charge in [0.25, 0.3) is 0 Å². The van der Waals surface area contributed by atoms with Crippen LogP contribution >= 0.6 is 0 Å². The summed E-state index contributed by atoms with van der Waals surface area (Å²) in [6, 6.07) is 0.368. The standard InChI is InChI=1S/C11H21NO3/c1-3-9(2)12-8-11(13)15-10-4-6-14-7-5-10/h9-10,12H,3-8H2,1-2H3. The molecule has 4 nitrogen and oxygen atoms in total. The van der Waals surface area contributed by atoms with E-state index in [1.165, 1.54) is 0 Å². The monoisotopic (exact) mass is 215 g/mol. The largest absolute Gasteiger partial charge is 0.461 e. The van der Waals surface area contributed by atoms with Gasteiger partial charge in [0, 0.05) is 18.9 Å². The zero-order valence-corrected chi connectivity index (χ0v) is 9.62. The van der Waals surface area contributed by atoms with Crippen LogP contribution in [0.2, 0.25) is 0 Å².